The van der Waals surface area contributed by atoms with Gasteiger partial charge in [0, 0.05) is 12.0 Å². The van der Waals surface area contributed by atoms with Crippen LogP contribution in [-0.4, -0.2) is 10.9 Å². The molecular formula is C13H18O4. The predicted octanol–water partition coefficient (Wildman–Crippen LogP) is 2.37. The summed E-state index contributed by atoms with van der Waals surface area (Å²) >= 11 is 0. The number of hydrogen-bond acceptors (Lipinski definition) is 4. The zero-order chi connectivity index (χ0) is 13.2. The summed E-state index contributed by atoms with van der Waals surface area (Å²) in [6.45, 7) is 6.93. The van der Waals surface area contributed by atoms with E-state index >= 15 is 0 Å². The lowest BCUT2D eigenvalue weighted by atomic mass is 9.91. The van der Waals surface area contributed by atoms with Crippen molar-refractivity contribution in [2.24, 2.45) is 5.92 Å². The predicted molar refractivity (Wildman–Crippen MR) is 64.3 cm³/mol. The van der Waals surface area contributed by atoms with Gasteiger partial charge in [0.05, 0.1) is 11.5 Å². The first-order chi connectivity index (χ1) is 7.88. The monoisotopic (exact) mass is 238 g/mol. The van der Waals surface area contributed by atoms with Crippen molar-refractivity contribution < 1.29 is 14.3 Å². The quantitative estimate of drug-likeness (QED) is 0.874. The molecule has 1 rings (SSSR count). The molecule has 94 valence electrons. The van der Waals surface area contributed by atoms with Crippen molar-refractivity contribution in [3.05, 3.63) is 27.8 Å². The van der Waals surface area contributed by atoms with Gasteiger partial charge < -0.3 is 9.52 Å². The van der Waals surface area contributed by atoms with E-state index < -0.39 is 11.5 Å². The van der Waals surface area contributed by atoms with E-state index in [4.69, 9.17) is 4.42 Å². The molecule has 4 nitrogen and oxygen atoms in total. The van der Waals surface area contributed by atoms with E-state index in [2.05, 4.69) is 0 Å². The highest BCUT2D eigenvalue weighted by atomic mass is 16.4. The second-order valence-corrected chi connectivity index (χ2v) is 4.38. The Labute approximate surface area is 100 Å². The topological polar surface area (TPSA) is 67.5 Å². The lowest BCUT2D eigenvalue weighted by Gasteiger charge is -2.14. The summed E-state index contributed by atoms with van der Waals surface area (Å²) in [6.07, 6.45) is 0.741. The largest absolute Gasteiger partial charge is 0.507 e. The fourth-order valence-corrected chi connectivity index (χ4v) is 1.54. The molecule has 1 N–H and O–H groups in total. The molecule has 0 bridgehead atoms. The highest BCUT2D eigenvalue weighted by molar-refractivity contribution is 5.86. The minimum atomic E-state index is -0.594. The molecule has 0 fully saturated rings. The van der Waals surface area contributed by atoms with Crippen LogP contribution in [0.25, 0.3) is 0 Å². The number of carbonyl (C=O) groups is 1. The molecule has 0 aromatic carbocycles. The lowest BCUT2D eigenvalue weighted by molar-refractivity contribution is -0.123. The second kappa shape index (κ2) is 5.17. The first kappa shape index (κ1) is 13.5. The Morgan fingerprint density at radius 3 is 2.53 bits per heavy atom. The summed E-state index contributed by atoms with van der Waals surface area (Å²) in [4.78, 5) is 23.3. The van der Waals surface area contributed by atoms with Crippen LogP contribution in [0.1, 0.15) is 44.4 Å². The van der Waals surface area contributed by atoms with Crippen LogP contribution in [0.3, 0.4) is 0 Å². The van der Waals surface area contributed by atoms with E-state index in [0.29, 0.717) is 0 Å². The van der Waals surface area contributed by atoms with Crippen molar-refractivity contribution in [1.82, 2.24) is 0 Å². The Bertz CT molecular complexity index is 473. The van der Waals surface area contributed by atoms with Crippen LogP contribution in [0.4, 0.5) is 0 Å². The van der Waals surface area contributed by atoms with Gasteiger partial charge in [-0.25, -0.2) is 4.79 Å². The number of carbonyl (C=O) groups excluding carboxylic acids is 1. The molecule has 0 saturated carbocycles. The van der Waals surface area contributed by atoms with Crippen LogP contribution in [0.2, 0.25) is 0 Å². The Kier molecular flexibility index (Phi) is 4.10. The van der Waals surface area contributed by atoms with E-state index in [1.807, 2.05) is 13.8 Å². The Balaban J connectivity index is 3.09. The molecule has 17 heavy (non-hydrogen) atoms. The summed E-state index contributed by atoms with van der Waals surface area (Å²) < 4.78 is 5.03. The third kappa shape index (κ3) is 2.75. The molecule has 0 radical (unpaired) electrons. The molecule has 0 unspecified atom stereocenters. The van der Waals surface area contributed by atoms with Gasteiger partial charge in [-0.15, -0.1) is 0 Å². The van der Waals surface area contributed by atoms with Crippen molar-refractivity contribution in [3.8, 4) is 5.75 Å². The van der Waals surface area contributed by atoms with Crippen LogP contribution in [0, 0.1) is 12.8 Å². The van der Waals surface area contributed by atoms with Gasteiger partial charge >= 0.3 is 5.63 Å². The van der Waals surface area contributed by atoms with Gasteiger partial charge in [0.1, 0.15) is 17.3 Å². The summed E-state index contributed by atoms with van der Waals surface area (Å²) in [5, 5.41) is 9.54. The van der Waals surface area contributed by atoms with Crippen molar-refractivity contribution in [3.63, 3.8) is 0 Å². The van der Waals surface area contributed by atoms with Crippen LogP contribution >= 0.6 is 0 Å². The molecule has 0 amide bonds. The molecule has 1 heterocycles. The van der Waals surface area contributed by atoms with E-state index in [9.17, 15) is 14.7 Å². The average molecular weight is 238 g/mol. The maximum Gasteiger partial charge on any atom is 0.342 e. The fourth-order valence-electron chi connectivity index (χ4n) is 1.54. The van der Waals surface area contributed by atoms with Gasteiger partial charge in [-0.05, 0) is 20.3 Å². The van der Waals surface area contributed by atoms with Gasteiger partial charge in [-0.1, -0.05) is 13.8 Å². The van der Waals surface area contributed by atoms with Crippen LogP contribution in [0.5, 0.6) is 5.75 Å². The molecule has 0 spiro atoms. The maximum absolute atomic E-state index is 11.9. The van der Waals surface area contributed by atoms with E-state index in [0.717, 1.165) is 6.42 Å². The first-order valence-corrected chi connectivity index (χ1v) is 5.75. The average Bonchev–Trinajstić information content (AvgIpc) is 2.32. The van der Waals surface area contributed by atoms with Crippen molar-refractivity contribution in [2.45, 2.75) is 40.0 Å². The highest BCUT2D eigenvalue weighted by Gasteiger charge is 2.23. The molecule has 0 aliphatic carbocycles. The third-order valence-electron chi connectivity index (χ3n) is 3.13. The Morgan fingerprint density at radius 2 is 2.06 bits per heavy atom. The van der Waals surface area contributed by atoms with Gasteiger partial charge in [0.2, 0.25) is 0 Å². The summed E-state index contributed by atoms with van der Waals surface area (Å²) in [5.41, 5.74) is -0.430. The van der Waals surface area contributed by atoms with Gasteiger partial charge in [0.15, 0.2) is 0 Å². The Morgan fingerprint density at radius 1 is 1.47 bits per heavy atom. The zero-order valence-corrected chi connectivity index (χ0v) is 10.6. The normalized spacial score (nSPS) is 14.4. The summed E-state index contributed by atoms with van der Waals surface area (Å²) in [7, 11) is 0. The molecular weight excluding hydrogens is 220 g/mol. The maximum atomic E-state index is 11.9. The zero-order valence-electron chi connectivity index (χ0n) is 10.6. The molecule has 1 aromatic heterocycles. The number of hydrogen-bond donors (Lipinski definition) is 1. The molecule has 0 aliphatic heterocycles. The Hall–Kier alpha value is -1.58. The standard InChI is InChI=1S/C13H18O4/c1-5-7(2)12(15)9(4)11-6-10(14)8(3)13(16)17-11/h6-7,9,14H,5H2,1-4H3/t7-,9+/m0/s1. The van der Waals surface area contributed by atoms with Crippen LogP contribution in [-0.2, 0) is 4.79 Å². The van der Waals surface area contributed by atoms with E-state index in [1.54, 1.807) is 6.92 Å². The smallest absolute Gasteiger partial charge is 0.342 e. The van der Waals surface area contributed by atoms with Crippen LogP contribution < -0.4 is 5.63 Å². The number of Topliss-reactive ketones (excluding diaryl/α,β-unsaturated/α-hetero) is 1. The lowest BCUT2D eigenvalue weighted by Crippen LogP contribution is -2.19. The molecule has 4 heteroatoms. The fraction of sp³-hybridized carbons (Fsp3) is 0.538. The third-order valence-corrected chi connectivity index (χ3v) is 3.13. The number of rotatable bonds is 4. The van der Waals surface area contributed by atoms with Crippen molar-refractivity contribution in [2.75, 3.05) is 0 Å². The number of ketones is 1. The molecule has 0 aliphatic rings. The number of aromatic hydroxyl groups is 1. The van der Waals surface area contributed by atoms with Gasteiger partial charge in [-0.2, -0.15) is 0 Å². The molecule has 2 atom stereocenters. The SMILES string of the molecule is CC[C@H](C)C(=O)[C@H](C)c1cc(O)c(C)c(=O)o1. The second-order valence-electron chi connectivity index (χ2n) is 4.38. The van der Waals surface area contributed by atoms with Crippen molar-refractivity contribution >= 4 is 5.78 Å². The van der Waals surface area contributed by atoms with E-state index in [1.165, 1.54) is 13.0 Å². The summed E-state index contributed by atoms with van der Waals surface area (Å²) in [5.74, 6) is -0.481. The van der Waals surface area contributed by atoms with Gasteiger partial charge in [-0.3, -0.25) is 4.79 Å². The van der Waals surface area contributed by atoms with Gasteiger partial charge in [0.25, 0.3) is 0 Å². The minimum Gasteiger partial charge on any atom is -0.507 e. The molecule has 0 saturated heterocycles. The van der Waals surface area contributed by atoms with Crippen molar-refractivity contribution in [1.29, 1.82) is 0 Å². The molecule has 1 aromatic rings. The van der Waals surface area contributed by atoms with E-state index in [-0.39, 0.29) is 28.8 Å². The minimum absolute atomic E-state index is 0.0129. The summed E-state index contributed by atoms with van der Waals surface area (Å²) in [6, 6.07) is 1.35. The highest BCUT2D eigenvalue weighted by Crippen LogP contribution is 2.24. The van der Waals surface area contributed by atoms with Crippen LogP contribution in [0.15, 0.2) is 15.3 Å². The first-order valence-electron chi connectivity index (χ1n) is 5.75.